The van der Waals surface area contributed by atoms with Gasteiger partial charge in [-0.05, 0) is 79.5 Å². The molecule has 0 bridgehead atoms. The van der Waals surface area contributed by atoms with E-state index in [0.717, 1.165) is 0 Å². The summed E-state index contributed by atoms with van der Waals surface area (Å²) in [6.07, 6.45) is 1.11. The van der Waals surface area contributed by atoms with E-state index in [4.69, 9.17) is 0 Å². The molecule has 0 radical (unpaired) electrons. The zero-order valence-electron chi connectivity index (χ0n) is 20.3. The van der Waals surface area contributed by atoms with E-state index in [1.54, 1.807) is 49.9 Å². The Morgan fingerprint density at radius 1 is 1.06 bits per heavy atom. The molecule has 0 spiro atoms. The normalized spacial score (nSPS) is 15.8. The summed E-state index contributed by atoms with van der Waals surface area (Å²) in [5.74, 6) is -0.0713. The number of hydrogen-bond donors (Lipinski definition) is 2. The second-order valence-electron chi connectivity index (χ2n) is 9.91. The van der Waals surface area contributed by atoms with E-state index in [9.17, 15) is 18.0 Å². The van der Waals surface area contributed by atoms with Gasteiger partial charge < -0.3 is 15.1 Å². The van der Waals surface area contributed by atoms with Crippen molar-refractivity contribution >= 4 is 27.6 Å². The quantitative estimate of drug-likeness (QED) is 0.668. The van der Waals surface area contributed by atoms with E-state index < -0.39 is 14.8 Å². The highest BCUT2D eigenvalue weighted by Crippen LogP contribution is 2.20. The van der Waals surface area contributed by atoms with Gasteiger partial charge >= 0.3 is 6.03 Å². The van der Waals surface area contributed by atoms with Crippen LogP contribution < -0.4 is 10.0 Å². The third-order valence-electron chi connectivity index (χ3n) is 5.62. The van der Waals surface area contributed by atoms with E-state index >= 15 is 0 Å². The number of amides is 3. The Morgan fingerprint density at radius 3 is 2.12 bits per heavy atom. The molecule has 0 atom stereocenters. The van der Waals surface area contributed by atoms with Crippen LogP contribution in [0.1, 0.15) is 71.7 Å². The van der Waals surface area contributed by atoms with Gasteiger partial charge in [-0.1, -0.05) is 6.07 Å². The maximum absolute atomic E-state index is 12.9. The number of hydrogen-bond acceptors (Lipinski definition) is 4. The van der Waals surface area contributed by atoms with Gasteiger partial charge in [0.1, 0.15) is 0 Å². The summed E-state index contributed by atoms with van der Waals surface area (Å²) < 4.78 is 26.6. The number of carbonyl (C=O) groups is 2. The predicted octanol–water partition coefficient (Wildman–Crippen LogP) is 3.66. The first kappa shape index (κ1) is 26.1. The summed E-state index contributed by atoms with van der Waals surface area (Å²) in [5.41, 5.74) is 1.09. The first-order valence-electron chi connectivity index (χ1n) is 11.2. The number of urea groups is 1. The number of piperidine rings is 1. The van der Waals surface area contributed by atoms with Gasteiger partial charge in [0.25, 0.3) is 5.91 Å². The molecule has 2 rings (SSSR count). The lowest BCUT2D eigenvalue weighted by Crippen LogP contribution is -2.50. The van der Waals surface area contributed by atoms with Crippen LogP contribution in [-0.4, -0.2) is 66.1 Å². The molecule has 1 aromatic rings. The van der Waals surface area contributed by atoms with Crippen LogP contribution in [0, 0.1) is 0 Å². The van der Waals surface area contributed by atoms with Crippen LogP contribution in [0.3, 0.4) is 0 Å². The zero-order valence-corrected chi connectivity index (χ0v) is 21.1. The van der Waals surface area contributed by atoms with Crippen LogP contribution in [0.5, 0.6) is 0 Å². The minimum Gasteiger partial charge on any atom is -0.334 e. The molecule has 1 saturated heterocycles. The molecule has 2 N–H and O–H groups in total. The maximum atomic E-state index is 12.9. The number of carbonyl (C=O) groups excluding carboxylic acids is 2. The predicted molar refractivity (Wildman–Crippen MR) is 128 cm³/mol. The molecule has 0 aromatic heterocycles. The number of benzene rings is 1. The minimum atomic E-state index is -3.42. The van der Waals surface area contributed by atoms with E-state index in [0.29, 0.717) is 37.2 Å². The van der Waals surface area contributed by atoms with Gasteiger partial charge in [-0.25, -0.2) is 17.9 Å². The van der Waals surface area contributed by atoms with Crippen molar-refractivity contribution in [2.45, 2.75) is 84.2 Å². The van der Waals surface area contributed by atoms with Crippen molar-refractivity contribution in [1.82, 2.24) is 14.5 Å². The molecule has 8 nitrogen and oxygen atoms in total. The van der Waals surface area contributed by atoms with Crippen molar-refractivity contribution in [2.24, 2.45) is 0 Å². The van der Waals surface area contributed by atoms with Crippen molar-refractivity contribution in [1.29, 1.82) is 0 Å². The average molecular weight is 467 g/mol. The molecule has 1 heterocycles. The van der Waals surface area contributed by atoms with Gasteiger partial charge in [0, 0.05) is 42.5 Å². The summed E-state index contributed by atoms with van der Waals surface area (Å²) >= 11 is 0. The van der Waals surface area contributed by atoms with Crippen LogP contribution >= 0.6 is 0 Å². The molecule has 0 saturated carbocycles. The fraction of sp³-hybridized carbons (Fsp3) is 0.652. The van der Waals surface area contributed by atoms with Crippen molar-refractivity contribution in [3.8, 4) is 0 Å². The molecule has 1 fully saturated rings. The molecule has 9 heteroatoms. The topological polar surface area (TPSA) is 98.8 Å². The first-order valence-corrected chi connectivity index (χ1v) is 12.7. The monoisotopic (exact) mass is 466 g/mol. The lowest BCUT2D eigenvalue weighted by molar-refractivity contribution is 0.0643. The molecule has 180 valence electrons. The summed E-state index contributed by atoms with van der Waals surface area (Å²) in [7, 11) is -3.42. The molecule has 1 aromatic carbocycles. The van der Waals surface area contributed by atoms with E-state index in [2.05, 4.69) is 10.0 Å². The van der Waals surface area contributed by atoms with Crippen molar-refractivity contribution in [3.63, 3.8) is 0 Å². The molecular weight excluding hydrogens is 428 g/mol. The van der Waals surface area contributed by atoms with Gasteiger partial charge in [0.15, 0.2) is 0 Å². The fourth-order valence-electron chi connectivity index (χ4n) is 3.74. The Balaban J connectivity index is 1.98. The maximum Gasteiger partial charge on any atom is 0.321 e. The molecular formula is C23H38N4O4S. The second kappa shape index (κ2) is 10.2. The Hall–Kier alpha value is -2.13. The third kappa shape index (κ3) is 6.45. The average Bonchev–Trinajstić information content (AvgIpc) is 2.67. The third-order valence-corrected chi connectivity index (χ3v) is 7.87. The SMILES string of the molecule is CC(C)N(C(=O)c1cccc(NC(=O)N2CCC(NS(=O)(=O)C(C)(C)C)CC2)c1)C(C)C. The molecule has 3 amide bonds. The summed E-state index contributed by atoms with van der Waals surface area (Å²) in [4.78, 5) is 29.1. The first-order chi connectivity index (χ1) is 14.7. The number of rotatable bonds is 6. The Bertz CT molecular complexity index is 906. The van der Waals surface area contributed by atoms with Crippen LogP contribution in [-0.2, 0) is 10.0 Å². The van der Waals surface area contributed by atoms with Crippen LogP contribution in [0.25, 0.3) is 0 Å². The van der Waals surface area contributed by atoms with Crippen molar-refractivity contribution in [3.05, 3.63) is 29.8 Å². The van der Waals surface area contributed by atoms with Crippen LogP contribution in [0.2, 0.25) is 0 Å². The van der Waals surface area contributed by atoms with E-state index in [-0.39, 0.29) is 30.1 Å². The van der Waals surface area contributed by atoms with Crippen LogP contribution in [0.15, 0.2) is 24.3 Å². The highest BCUT2D eigenvalue weighted by atomic mass is 32.2. The highest BCUT2D eigenvalue weighted by molar-refractivity contribution is 7.90. The lowest BCUT2D eigenvalue weighted by atomic mass is 10.1. The Labute approximate surface area is 192 Å². The number of nitrogens with one attached hydrogen (secondary N) is 2. The number of likely N-dealkylation sites (tertiary alicyclic amines) is 1. The Morgan fingerprint density at radius 2 is 1.62 bits per heavy atom. The van der Waals surface area contributed by atoms with E-state index in [1.807, 2.05) is 32.6 Å². The number of sulfonamides is 1. The van der Waals surface area contributed by atoms with Gasteiger partial charge in [-0.3, -0.25) is 4.79 Å². The van der Waals surface area contributed by atoms with Gasteiger partial charge in [0.2, 0.25) is 10.0 Å². The lowest BCUT2D eigenvalue weighted by Gasteiger charge is -2.33. The zero-order chi connectivity index (χ0) is 24.3. The second-order valence-corrected chi connectivity index (χ2v) is 12.4. The molecule has 0 unspecified atom stereocenters. The summed E-state index contributed by atoms with van der Waals surface area (Å²) in [6, 6.07) is 6.67. The standard InChI is InChI=1S/C23H38N4O4S/c1-16(2)27(17(3)4)21(28)18-9-8-10-20(15-18)24-22(29)26-13-11-19(12-14-26)25-32(30,31)23(5,6)7/h8-10,15-17,19,25H,11-14H2,1-7H3,(H,24,29). The van der Waals surface area contributed by atoms with Crippen LogP contribution in [0.4, 0.5) is 10.5 Å². The fourth-order valence-corrected chi connectivity index (χ4v) is 4.77. The summed E-state index contributed by atoms with van der Waals surface area (Å²) in [5, 5.41) is 2.87. The van der Waals surface area contributed by atoms with Crippen molar-refractivity contribution < 1.29 is 18.0 Å². The smallest absolute Gasteiger partial charge is 0.321 e. The Kier molecular flexibility index (Phi) is 8.33. The van der Waals surface area contributed by atoms with Gasteiger partial charge in [0.05, 0.1) is 4.75 Å². The van der Waals surface area contributed by atoms with Gasteiger partial charge in [-0.15, -0.1) is 0 Å². The van der Waals surface area contributed by atoms with Gasteiger partial charge in [-0.2, -0.15) is 0 Å². The number of nitrogens with zero attached hydrogens (tertiary/aromatic N) is 2. The number of anilines is 1. The molecule has 1 aliphatic heterocycles. The molecule has 1 aliphatic rings. The summed E-state index contributed by atoms with van der Waals surface area (Å²) in [6.45, 7) is 13.8. The van der Waals surface area contributed by atoms with Crippen molar-refractivity contribution in [2.75, 3.05) is 18.4 Å². The largest absolute Gasteiger partial charge is 0.334 e. The highest BCUT2D eigenvalue weighted by Gasteiger charge is 2.33. The molecule has 32 heavy (non-hydrogen) atoms. The molecule has 0 aliphatic carbocycles. The minimum absolute atomic E-state index is 0.0674. The van der Waals surface area contributed by atoms with E-state index in [1.165, 1.54) is 0 Å².